The molecule has 0 amide bonds. The van der Waals surface area contributed by atoms with E-state index < -0.39 is 97.5 Å². The summed E-state index contributed by atoms with van der Waals surface area (Å²) in [6.45, 7) is 5.05. The molecule has 0 aliphatic carbocycles. The summed E-state index contributed by atoms with van der Waals surface area (Å²) in [6, 6.07) is 0. The average molecular weight is 1560 g/mol. The van der Waals surface area contributed by atoms with Crippen molar-refractivity contribution in [3.63, 3.8) is 0 Å². The Bertz CT molecular complexity index is 2020. The first-order chi connectivity index (χ1) is 52.2. The molecule has 0 radical (unpaired) electrons. The lowest BCUT2D eigenvalue weighted by Gasteiger charge is -2.21. The fourth-order valence-electron chi connectivity index (χ4n) is 13.9. The van der Waals surface area contributed by atoms with E-state index in [9.17, 15) is 43.2 Å². The molecule has 3 N–H and O–H groups in total. The number of hydrogen-bond acceptors (Lipinski definition) is 15. The highest BCUT2D eigenvalue weighted by Crippen LogP contribution is 2.45. The lowest BCUT2D eigenvalue weighted by molar-refractivity contribution is -0.161. The van der Waals surface area contributed by atoms with Gasteiger partial charge in [-0.15, -0.1) is 0 Å². The third-order valence-corrected chi connectivity index (χ3v) is 22.8. The van der Waals surface area contributed by atoms with Crippen LogP contribution in [0.5, 0.6) is 0 Å². The first-order valence-electron chi connectivity index (χ1n) is 45.8. The Labute approximate surface area is 658 Å². The van der Waals surface area contributed by atoms with Crippen LogP contribution in [0.3, 0.4) is 0 Å². The summed E-state index contributed by atoms with van der Waals surface area (Å²) in [5.74, 6) is -2.10. The largest absolute Gasteiger partial charge is 0.472 e. The Balaban J connectivity index is 5.18. The van der Waals surface area contributed by atoms with E-state index in [2.05, 4.69) is 27.7 Å². The zero-order valence-electron chi connectivity index (χ0n) is 70.1. The predicted molar refractivity (Wildman–Crippen MR) is 442 cm³/mol. The monoisotopic (exact) mass is 1560 g/mol. The van der Waals surface area contributed by atoms with Crippen LogP contribution in [0.1, 0.15) is 484 Å². The van der Waals surface area contributed by atoms with Gasteiger partial charge in [-0.3, -0.25) is 37.3 Å². The Morgan fingerprint density at radius 3 is 0.551 bits per heavy atom. The number of phosphoric ester groups is 2. The molecule has 5 atom stereocenters. The van der Waals surface area contributed by atoms with Crippen LogP contribution < -0.4 is 0 Å². The third-order valence-electron chi connectivity index (χ3n) is 20.9. The molecule has 0 spiro atoms. The van der Waals surface area contributed by atoms with Crippen LogP contribution >= 0.6 is 15.6 Å². The number of esters is 4. The molecule has 0 aromatic rings. The van der Waals surface area contributed by atoms with Crippen molar-refractivity contribution in [2.75, 3.05) is 39.6 Å². The Kier molecular flexibility index (Phi) is 80.6. The number of hydrogen-bond donors (Lipinski definition) is 3. The molecule has 0 aromatic carbocycles. The number of aliphatic hydroxyl groups excluding tert-OH is 1. The molecule has 0 aliphatic rings. The Morgan fingerprint density at radius 2 is 0.374 bits per heavy atom. The number of rotatable bonds is 89. The van der Waals surface area contributed by atoms with E-state index in [0.29, 0.717) is 25.7 Å². The summed E-state index contributed by atoms with van der Waals surface area (Å²) in [5.41, 5.74) is 0. The van der Waals surface area contributed by atoms with Crippen LogP contribution in [-0.2, 0) is 65.4 Å². The fourth-order valence-corrected chi connectivity index (χ4v) is 15.5. The minimum Gasteiger partial charge on any atom is -0.462 e. The SMILES string of the molecule is CCCCCCCCCCCCCCCCCCCCCCCCC(=O)OC[C@H](COP(=O)(O)OC[C@@H](O)COP(=O)(O)OC[C@@H](COC(=O)CCCCCCCCCCCCC)OC(=O)CCCCCCCCCCCCCC)OC(=O)CCCCCCCCCCCCCCCCCCCCCCCC. The second-order valence-corrected chi connectivity index (χ2v) is 34.5. The zero-order valence-corrected chi connectivity index (χ0v) is 71.9. The maximum Gasteiger partial charge on any atom is 0.472 e. The molecular formula is C88H172O17P2. The number of carbonyl (C=O) groups is 4. The highest BCUT2D eigenvalue weighted by Gasteiger charge is 2.30. The Hall–Kier alpha value is -1.94. The number of aliphatic hydroxyl groups is 1. The van der Waals surface area contributed by atoms with E-state index in [1.165, 1.54) is 315 Å². The average Bonchev–Trinajstić information content (AvgIpc) is 0.901. The predicted octanol–water partition coefficient (Wildman–Crippen LogP) is 27.3. The molecule has 19 heteroatoms. The smallest absolute Gasteiger partial charge is 0.462 e. The highest BCUT2D eigenvalue weighted by molar-refractivity contribution is 7.47. The van der Waals surface area contributed by atoms with Crippen LogP contribution in [-0.4, -0.2) is 96.7 Å². The van der Waals surface area contributed by atoms with Crippen molar-refractivity contribution in [2.45, 2.75) is 502 Å². The summed E-state index contributed by atoms with van der Waals surface area (Å²) in [6.07, 6.45) is 78.0. The zero-order chi connectivity index (χ0) is 78.1. The highest BCUT2D eigenvalue weighted by atomic mass is 31.2. The van der Waals surface area contributed by atoms with Gasteiger partial charge in [0.1, 0.15) is 19.3 Å². The summed E-state index contributed by atoms with van der Waals surface area (Å²) in [7, 11) is -9.92. The molecule has 2 unspecified atom stereocenters. The summed E-state index contributed by atoms with van der Waals surface area (Å²) in [5, 5.41) is 10.7. The van der Waals surface area contributed by atoms with Gasteiger partial charge in [-0.05, 0) is 25.7 Å². The van der Waals surface area contributed by atoms with Gasteiger partial charge in [0.2, 0.25) is 0 Å². The molecule has 0 rings (SSSR count). The van der Waals surface area contributed by atoms with Crippen molar-refractivity contribution in [3.05, 3.63) is 0 Å². The van der Waals surface area contributed by atoms with Gasteiger partial charge in [0.15, 0.2) is 12.2 Å². The fraction of sp³-hybridized carbons (Fsp3) is 0.955. The molecule has 0 heterocycles. The lowest BCUT2D eigenvalue weighted by atomic mass is 10.0. The van der Waals surface area contributed by atoms with E-state index in [0.717, 1.165) is 89.9 Å². The van der Waals surface area contributed by atoms with Crippen molar-refractivity contribution in [1.82, 2.24) is 0 Å². The van der Waals surface area contributed by atoms with Gasteiger partial charge in [-0.25, -0.2) is 9.13 Å². The molecule has 0 fully saturated rings. The molecule has 17 nitrogen and oxygen atoms in total. The Morgan fingerprint density at radius 1 is 0.224 bits per heavy atom. The van der Waals surface area contributed by atoms with Crippen LogP contribution in [0.2, 0.25) is 0 Å². The van der Waals surface area contributed by atoms with Crippen molar-refractivity contribution in [1.29, 1.82) is 0 Å². The second-order valence-electron chi connectivity index (χ2n) is 31.6. The standard InChI is InChI=1S/C88H172O17P2/c1-5-9-13-17-21-25-29-32-34-36-38-40-42-44-46-48-50-54-57-61-65-69-73-86(91)99-79-84(105-88(93)75-71-67-63-59-55-51-49-47-45-43-41-39-37-35-33-30-26-22-18-14-10-6-2)81-103-107(96,97)101-77-82(89)76-100-106(94,95)102-80-83(78-98-85(90)72-68-64-60-56-52-28-24-20-16-12-8-4)104-87(92)74-70-66-62-58-53-31-27-23-19-15-11-7-3/h82-84,89H,5-81H2,1-4H3,(H,94,95)(H,96,97)/t82-,83+,84+/m0/s1. The number of carbonyl (C=O) groups excluding carboxylic acids is 4. The van der Waals surface area contributed by atoms with Crippen LogP contribution in [0.15, 0.2) is 0 Å². The van der Waals surface area contributed by atoms with Crippen LogP contribution in [0.25, 0.3) is 0 Å². The van der Waals surface area contributed by atoms with Crippen molar-refractivity contribution >= 4 is 39.5 Å². The molecule has 0 aliphatic heterocycles. The maximum atomic E-state index is 13.2. The van der Waals surface area contributed by atoms with E-state index >= 15 is 0 Å². The van der Waals surface area contributed by atoms with Gasteiger partial charge < -0.3 is 33.8 Å². The van der Waals surface area contributed by atoms with Gasteiger partial charge in [-0.2, -0.15) is 0 Å². The first kappa shape index (κ1) is 105. The second kappa shape index (κ2) is 82.1. The van der Waals surface area contributed by atoms with E-state index in [-0.39, 0.29) is 25.7 Å². The molecule has 0 aromatic heterocycles. The number of unbranched alkanes of at least 4 members (excludes halogenated alkanes) is 63. The minimum absolute atomic E-state index is 0.108. The molecule has 0 saturated carbocycles. The lowest BCUT2D eigenvalue weighted by Crippen LogP contribution is -2.30. The molecule has 0 saturated heterocycles. The van der Waals surface area contributed by atoms with Gasteiger partial charge in [0, 0.05) is 25.7 Å². The van der Waals surface area contributed by atoms with E-state index in [1.54, 1.807) is 0 Å². The summed E-state index contributed by atoms with van der Waals surface area (Å²) in [4.78, 5) is 73.2. The van der Waals surface area contributed by atoms with Crippen molar-refractivity contribution in [2.24, 2.45) is 0 Å². The third kappa shape index (κ3) is 81.9. The van der Waals surface area contributed by atoms with Crippen LogP contribution in [0.4, 0.5) is 0 Å². The molecule has 636 valence electrons. The molecular weight excluding hydrogens is 1390 g/mol. The van der Waals surface area contributed by atoms with Crippen molar-refractivity contribution < 1.29 is 80.2 Å². The minimum atomic E-state index is -4.97. The number of phosphoric acid groups is 2. The van der Waals surface area contributed by atoms with E-state index in [4.69, 9.17) is 37.0 Å². The van der Waals surface area contributed by atoms with Gasteiger partial charge in [0.25, 0.3) is 0 Å². The number of ether oxygens (including phenoxy) is 4. The maximum absolute atomic E-state index is 13.2. The molecule has 107 heavy (non-hydrogen) atoms. The topological polar surface area (TPSA) is 237 Å². The quantitative estimate of drug-likeness (QED) is 0.0222. The summed E-state index contributed by atoms with van der Waals surface area (Å²) >= 11 is 0. The van der Waals surface area contributed by atoms with Gasteiger partial charge >= 0.3 is 39.5 Å². The molecule has 0 bridgehead atoms. The van der Waals surface area contributed by atoms with Crippen molar-refractivity contribution in [3.8, 4) is 0 Å². The van der Waals surface area contributed by atoms with E-state index in [1.807, 2.05) is 0 Å². The van der Waals surface area contributed by atoms with Crippen LogP contribution in [0, 0.1) is 0 Å². The van der Waals surface area contributed by atoms with Gasteiger partial charge in [-0.1, -0.05) is 432 Å². The summed E-state index contributed by atoms with van der Waals surface area (Å²) < 4.78 is 68.9. The first-order valence-corrected chi connectivity index (χ1v) is 48.8. The van der Waals surface area contributed by atoms with Gasteiger partial charge in [0.05, 0.1) is 26.4 Å². The normalized spacial score (nSPS) is 13.7.